The number of nitrogens with one attached hydrogen (secondary N) is 1. The van der Waals surface area contributed by atoms with Crippen molar-refractivity contribution in [2.45, 2.75) is 24.8 Å². The van der Waals surface area contributed by atoms with Crippen LogP contribution in [0, 0.1) is 6.92 Å². The molecule has 9 heteroatoms. The molecule has 1 aromatic heterocycles. The van der Waals surface area contributed by atoms with Gasteiger partial charge in [-0.1, -0.05) is 0 Å². The lowest BCUT2D eigenvalue weighted by molar-refractivity contribution is 0.564. The van der Waals surface area contributed by atoms with Crippen LogP contribution in [0.4, 0.5) is 0 Å². The molecule has 0 bridgehead atoms. The normalized spacial score (nSPS) is 14.7. The number of aryl methyl sites for hydroxylation is 1. The molecule has 104 valence electrons. The first-order valence-electron chi connectivity index (χ1n) is 4.97. The SMILES string of the molecule is Cc1sc(Br)cc1S(=O)(=O)NC(C)CS(C)(=O)=O. The summed E-state index contributed by atoms with van der Waals surface area (Å²) >= 11 is 4.54. The molecule has 5 nitrogen and oxygen atoms in total. The Labute approximate surface area is 120 Å². The molecule has 18 heavy (non-hydrogen) atoms. The molecular weight excluding hydrogens is 362 g/mol. The van der Waals surface area contributed by atoms with E-state index in [1.165, 1.54) is 24.3 Å². The number of sulfonamides is 1. The van der Waals surface area contributed by atoms with Crippen LogP contribution < -0.4 is 4.72 Å². The Hall–Kier alpha value is 0.0400. The van der Waals surface area contributed by atoms with E-state index in [1.807, 2.05) is 0 Å². The molecule has 1 rings (SSSR count). The van der Waals surface area contributed by atoms with E-state index in [0.29, 0.717) is 4.88 Å². The smallest absolute Gasteiger partial charge is 0.229 e. The summed E-state index contributed by atoms with van der Waals surface area (Å²) in [6.07, 6.45) is 1.07. The second kappa shape index (κ2) is 5.58. The number of thiophene rings is 1. The third-order valence-corrected chi connectivity index (χ3v) is 6.54. The van der Waals surface area contributed by atoms with Gasteiger partial charge in [-0.05, 0) is 35.8 Å². The maximum Gasteiger partial charge on any atom is 0.241 e. The molecule has 0 saturated carbocycles. The summed E-state index contributed by atoms with van der Waals surface area (Å²) in [6.45, 7) is 3.22. The maximum atomic E-state index is 12.0. The van der Waals surface area contributed by atoms with Crippen LogP contribution in [0.2, 0.25) is 0 Å². The van der Waals surface area contributed by atoms with E-state index in [9.17, 15) is 16.8 Å². The van der Waals surface area contributed by atoms with Crippen molar-refractivity contribution >= 4 is 47.1 Å². The van der Waals surface area contributed by atoms with E-state index in [0.717, 1.165) is 10.0 Å². The number of hydrogen-bond acceptors (Lipinski definition) is 5. The van der Waals surface area contributed by atoms with Crippen molar-refractivity contribution in [2.24, 2.45) is 0 Å². The lowest BCUT2D eigenvalue weighted by atomic mass is 10.4. The van der Waals surface area contributed by atoms with E-state index < -0.39 is 25.9 Å². The second-order valence-electron chi connectivity index (χ2n) is 4.09. The van der Waals surface area contributed by atoms with Crippen molar-refractivity contribution in [3.8, 4) is 0 Å². The molecule has 0 spiro atoms. The highest BCUT2D eigenvalue weighted by atomic mass is 79.9. The molecule has 1 heterocycles. The van der Waals surface area contributed by atoms with Crippen LogP contribution in [0.1, 0.15) is 11.8 Å². The van der Waals surface area contributed by atoms with Crippen LogP contribution in [0.5, 0.6) is 0 Å². The molecule has 0 saturated heterocycles. The van der Waals surface area contributed by atoms with Crippen molar-refractivity contribution in [1.82, 2.24) is 4.72 Å². The number of hydrogen-bond donors (Lipinski definition) is 1. The monoisotopic (exact) mass is 375 g/mol. The van der Waals surface area contributed by atoms with E-state index in [-0.39, 0.29) is 10.6 Å². The molecule has 1 N–H and O–H groups in total. The van der Waals surface area contributed by atoms with Gasteiger partial charge in [-0.3, -0.25) is 0 Å². The Balaban J connectivity index is 2.93. The average molecular weight is 376 g/mol. The van der Waals surface area contributed by atoms with Crippen LogP contribution in [-0.2, 0) is 19.9 Å². The highest BCUT2D eigenvalue weighted by molar-refractivity contribution is 9.11. The lowest BCUT2D eigenvalue weighted by Gasteiger charge is -2.12. The molecule has 0 fully saturated rings. The summed E-state index contributed by atoms with van der Waals surface area (Å²) in [6, 6.07) is 0.846. The van der Waals surface area contributed by atoms with Crippen LogP contribution in [0.25, 0.3) is 0 Å². The molecule has 0 radical (unpaired) electrons. The maximum absolute atomic E-state index is 12.0. The Morgan fingerprint density at radius 2 is 1.94 bits per heavy atom. The van der Waals surface area contributed by atoms with Gasteiger partial charge in [-0.15, -0.1) is 11.3 Å². The predicted octanol–water partition coefficient (Wildman–Crippen LogP) is 1.53. The standard InChI is InChI=1S/C9H14BrNO4S3/c1-6(5-17(3,12)13)11-18(14,15)8-4-9(10)16-7(8)2/h4,6,11H,5H2,1-3H3. The van der Waals surface area contributed by atoms with Crippen LogP contribution in [0.3, 0.4) is 0 Å². The molecule has 0 aromatic carbocycles. The van der Waals surface area contributed by atoms with Crippen molar-refractivity contribution in [2.75, 3.05) is 12.0 Å². The van der Waals surface area contributed by atoms with E-state index in [1.54, 1.807) is 6.92 Å². The van der Waals surface area contributed by atoms with Gasteiger partial charge < -0.3 is 0 Å². The quantitative estimate of drug-likeness (QED) is 0.845. The van der Waals surface area contributed by atoms with Crippen molar-refractivity contribution in [1.29, 1.82) is 0 Å². The van der Waals surface area contributed by atoms with E-state index >= 15 is 0 Å². The van der Waals surface area contributed by atoms with Gasteiger partial charge in [0.25, 0.3) is 0 Å². The van der Waals surface area contributed by atoms with Gasteiger partial charge in [0.15, 0.2) is 0 Å². The Morgan fingerprint density at radius 3 is 2.33 bits per heavy atom. The van der Waals surface area contributed by atoms with Crippen LogP contribution in [-0.4, -0.2) is 34.9 Å². The minimum atomic E-state index is -3.68. The Morgan fingerprint density at radius 1 is 1.39 bits per heavy atom. The number of sulfone groups is 1. The molecule has 1 atom stereocenters. The van der Waals surface area contributed by atoms with Crippen molar-refractivity contribution in [3.05, 3.63) is 14.7 Å². The lowest BCUT2D eigenvalue weighted by Crippen LogP contribution is -2.37. The topological polar surface area (TPSA) is 80.3 Å². The van der Waals surface area contributed by atoms with Gasteiger partial charge in [-0.2, -0.15) is 0 Å². The van der Waals surface area contributed by atoms with E-state index in [2.05, 4.69) is 20.7 Å². The van der Waals surface area contributed by atoms with Gasteiger partial charge in [0.1, 0.15) is 9.84 Å². The zero-order valence-corrected chi connectivity index (χ0v) is 14.1. The molecule has 0 aliphatic carbocycles. The van der Waals surface area contributed by atoms with Gasteiger partial charge in [0, 0.05) is 17.2 Å². The Bertz CT molecular complexity index is 633. The van der Waals surface area contributed by atoms with Crippen LogP contribution in [0.15, 0.2) is 14.7 Å². The second-order valence-corrected chi connectivity index (χ2v) is 10.6. The number of halogens is 1. The van der Waals surface area contributed by atoms with E-state index in [4.69, 9.17) is 0 Å². The van der Waals surface area contributed by atoms with Gasteiger partial charge in [0.2, 0.25) is 10.0 Å². The average Bonchev–Trinajstić information content (AvgIpc) is 2.40. The highest BCUT2D eigenvalue weighted by Gasteiger charge is 2.23. The van der Waals surface area contributed by atoms with Crippen molar-refractivity contribution in [3.63, 3.8) is 0 Å². The fourth-order valence-corrected chi connectivity index (χ4v) is 6.27. The largest absolute Gasteiger partial charge is 0.241 e. The third-order valence-electron chi connectivity index (χ3n) is 2.04. The minimum absolute atomic E-state index is 0.180. The molecule has 1 aromatic rings. The third kappa shape index (κ3) is 4.61. The van der Waals surface area contributed by atoms with Gasteiger partial charge >= 0.3 is 0 Å². The first-order chi connectivity index (χ1) is 8.01. The molecule has 0 aliphatic rings. The first-order valence-corrected chi connectivity index (χ1v) is 10.1. The van der Waals surface area contributed by atoms with Gasteiger partial charge in [-0.25, -0.2) is 21.6 Å². The highest BCUT2D eigenvalue weighted by Crippen LogP contribution is 2.29. The molecule has 0 amide bonds. The zero-order valence-electron chi connectivity index (χ0n) is 10.1. The zero-order chi connectivity index (χ0) is 14.1. The molecular formula is C9H14BrNO4S3. The fourth-order valence-electron chi connectivity index (χ4n) is 1.51. The predicted molar refractivity (Wildman–Crippen MR) is 76.3 cm³/mol. The summed E-state index contributed by atoms with van der Waals surface area (Å²) in [5, 5.41) is 0. The summed E-state index contributed by atoms with van der Waals surface area (Å²) in [4.78, 5) is 0.834. The first kappa shape index (κ1) is 16.1. The minimum Gasteiger partial charge on any atom is -0.229 e. The van der Waals surface area contributed by atoms with Crippen molar-refractivity contribution < 1.29 is 16.8 Å². The molecule has 1 unspecified atom stereocenters. The summed E-state index contributed by atoms with van der Waals surface area (Å²) in [5.41, 5.74) is 0. The summed E-state index contributed by atoms with van der Waals surface area (Å²) in [7, 11) is -6.89. The number of rotatable bonds is 5. The fraction of sp³-hybridized carbons (Fsp3) is 0.556. The molecule has 0 aliphatic heterocycles. The Kier molecular flexibility index (Phi) is 4.99. The summed E-state index contributed by atoms with van der Waals surface area (Å²) in [5.74, 6) is -0.226. The van der Waals surface area contributed by atoms with Crippen LogP contribution >= 0.6 is 27.3 Å². The van der Waals surface area contributed by atoms with Gasteiger partial charge in [0.05, 0.1) is 14.4 Å². The summed E-state index contributed by atoms with van der Waals surface area (Å²) < 4.78 is 49.4.